The molecule has 0 atom stereocenters. The van der Waals surface area contributed by atoms with Gasteiger partial charge in [0.25, 0.3) is 5.91 Å². The third-order valence-electron chi connectivity index (χ3n) is 3.18. The van der Waals surface area contributed by atoms with Gasteiger partial charge in [0, 0.05) is 20.7 Å². The lowest BCUT2D eigenvalue weighted by molar-refractivity contribution is -0.137. The summed E-state index contributed by atoms with van der Waals surface area (Å²) in [6, 6.07) is 8.02. The van der Waals surface area contributed by atoms with Gasteiger partial charge >= 0.3 is 6.18 Å². The summed E-state index contributed by atoms with van der Waals surface area (Å²) in [5.74, 6) is 0.208. The maximum atomic E-state index is 12.7. The molecule has 2 rings (SSSR count). The van der Waals surface area contributed by atoms with Crippen molar-refractivity contribution in [1.82, 2.24) is 4.90 Å². The summed E-state index contributed by atoms with van der Waals surface area (Å²) in [7, 11) is 3.00. The minimum absolute atomic E-state index is 0.0447. The van der Waals surface area contributed by atoms with Crippen molar-refractivity contribution < 1.29 is 27.1 Å². The van der Waals surface area contributed by atoms with Crippen LogP contribution in [0.2, 0.25) is 0 Å². The van der Waals surface area contributed by atoms with E-state index in [1.165, 1.54) is 37.3 Å². The molecule has 1 heterocycles. The van der Waals surface area contributed by atoms with Crippen LogP contribution in [-0.4, -0.2) is 25.0 Å². The van der Waals surface area contributed by atoms with Gasteiger partial charge < -0.3 is 14.1 Å². The van der Waals surface area contributed by atoms with Crippen LogP contribution in [0.25, 0.3) is 0 Å². The zero-order chi connectivity index (χ0) is 17.0. The SMILES string of the molecule is COCc1ccc(C(=O)N(C)Cc2cccc(C(F)(F)F)c2)o1. The maximum Gasteiger partial charge on any atom is 0.416 e. The summed E-state index contributed by atoms with van der Waals surface area (Å²) < 4.78 is 48.3. The molecular formula is C16H16F3NO3. The number of carbonyl (C=O) groups is 1. The molecule has 0 unspecified atom stereocenters. The first-order chi connectivity index (χ1) is 10.8. The van der Waals surface area contributed by atoms with Crippen molar-refractivity contribution >= 4 is 5.91 Å². The molecule has 0 fully saturated rings. The molecule has 7 heteroatoms. The largest absolute Gasteiger partial charge is 0.453 e. The van der Waals surface area contributed by atoms with Gasteiger partial charge in [0.1, 0.15) is 12.4 Å². The quantitative estimate of drug-likeness (QED) is 0.840. The molecule has 23 heavy (non-hydrogen) atoms. The maximum absolute atomic E-state index is 12.7. The topological polar surface area (TPSA) is 42.7 Å². The fourth-order valence-corrected chi connectivity index (χ4v) is 2.09. The lowest BCUT2D eigenvalue weighted by Crippen LogP contribution is -2.26. The van der Waals surface area contributed by atoms with Crippen LogP contribution in [0.1, 0.15) is 27.4 Å². The molecule has 0 spiro atoms. The number of halogens is 3. The first kappa shape index (κ1) is 17.1. The molecule has 0 aliphatic heterocycles. The molecule has 0 aliphatic rings. The first-order valence-corrected chi connectivity index (χ1v) is 6.80. The number of amides is 1. The third-order valence-corrected chi connectivity index (χ3v) is 3.18. The Bertz CT molecular complexity index is 679. The van der Waals surface area contributed by atoms with Crippen molar-refractivity contribution in [3.05, 3.63) is 59.0 Å². The van der Waals surface area contributed by atoms with Crippen LogP contribution in [0.5, 0.6) is 0 Å². The van der Waals surface area contributed by atoms with Crippen molar-refractivity contribution in [2.45, 2.75) is 19.3 Å². The summed E-state index contributed by atoms with van der Waals surface area (Å²) in [5.41, 5.74) is -0.351. The Hall–Kier alpha value is -2.28. The van der Waals surface area contributed by atoms with Crippen molar-refractivity contribution in [2.24, 2.45) is 0 Å². The highest BCUT2D eigenvalue weighted by Gasteiger charge is 2.30. The summed E-state index contributed by atoms with van der Waals surface area (Å²) in [5, 5.41) is 0. The molecule has 0 N–H and O–H groups in total. The van der Waals surface area contributed by atoms with E-state index in [0.717, 1.165) is 12.1 Å². The molecule has 4 nitrogen and oxygen atoms in total. The van der Waals surface area contributed by atoms with E-state index in [4.69, 9.17) is 9.15 Å². The van der Waals surface area contributed by atoms with Gasteiger partial charge in [-0.15, -0.1) is 0 Å². The Kier molecular flexibility index (Phi) is 5.10. The summed E-state index contributed by atoms with van der Waals surface area (Å²) >= 11 is 0. The molecule has 1 aromatic heterocycles. The van der Waals surface area contributed by atoms with Gasteiger partial charge in [-0.3, -0.25) is 4.79 Å². The van der Waals surface area contributed by atoms with Gasteiger partial charge in [0.05, 0.1) is 5.56 Å². The molecule has 0 aliphatic carbocycles. The van der Waals surface area contributed by atoms with E-state index < -0.39 is 17.6 Å². The summed E-state index contributed by atoms with van der Waals surface area (Å²) in [6.07, 6.45) is -4.41. The van der Waals surface area contributed by atoms with Crippen LogP contribution in [0.3, 0.4) is 0 Å². The number of rotatable bonds is 5. The first-order valence-electron chi connectivity index (χ1n) is 6.80. The number of alkyl halides is 3. The standard InChI is InChI=1S/C16H16F3NO3/c1-20(15(21)14-7-6-13(23-14)10-22-2)9-11-4-3-5-12(8-11)16(17,18)19/h3-8H,9-10H2,1-2H3. The van der Waals surface area contributed by atoms with Crippen LogP contribution >= 0.6 is 0 Å². The molecule has 0 saturated carbocycles. The van der Waals surface area contributed by atoms with Gasteiger partial charge in [0.2, 0.25) is 0 Å². The second kappa shape index (κ2) is 6.87. The summed E-state index contributed by atoms with van der Waals surface area (Å²) in [4.78, 5) is 13.5. The fourth-order valence-electron chi connectivity index (χ4n) is 2.09. The number of hydrogen-bond acceptors (Lipinski definition) is 3. The van der Waals surface area contributed by atoms with Gasteiger partial charge in [0.15, 0.2) is 5.76 Å². The van der Waals surface area contributed by atoms with Crippen molar-refractivity contribution in [1.29, 1.82) is 0 Å². The van der Waals surface area contributed by atoms with Gasteiger partial charge in [-0.05, 0) is 29.8 Å². The van der Waals surface area contributed by atoms with E-state index in [9.17, 15) is 18.0 Å². The van der Waals surface area contributed by atoms with Gasteiger partial charge in [-0.2, -0.15) is 13.2 Å². The molecule has 1 amide bonds. The Morgan fingerprint density at radius 3 is 2.65 bits per heavy atom. The minimum Gasteiger partial charge on any atom is -0.453 e. The predicted molar refractivity (Wildman–Crippen MR) is 76.7 cm³/mol. The number of carbonyl (C=O) groups excluding carboxylic acids is 1. The molecule has 0 radical (unpaired) electrons. The van der Waals surface area contributed by atoms with Gasteiger partial charge in [-0.25, -0.2) is 0 Å². The lowest BCUT2D eigenvalue weighted by Gasteiger charge is -2.17. The van der Waals surface area contributed by atoms with Crippen molar-refractivity contribution in [3.8, 4) is 0 Å². The van der Waals surface area contributed by atoms with Crippen LogP contribution in [0.4, 0.5) is 13.2 Å². The van der Waals surface area contributed by atoms with E-state index in [1.807, 2.05) is 0 Å². The Morgan fingerprint density at radius 1 is 1.26 bits per heavy atom. The average molecular weight is 327 g/mol. The number of nitrogens with zero attached hydrogens (tertiary/aromatic N) is 1. The molecular weight excluding hydrogens is 311 g/mol. The average Bonchev–Trinajstić information content (AvgIpc) is 2.95. The van der Waals surface area contributed by atoms with Crippen LogP contribution in [-0.2, 0) is 24.1 Å². The fraction of sp³-hybridized carbons (Fsp3) is 0.312. The highest BCUT2D eigenvalue weighted by atomic mass is 19.4. The van der Waals surface area contributed by atoms with E-state index in [0.29, 0.717) is 11.3 Å². The summed E-state index contributed by atoms with van der Waals surface area (Å²) in [6.45, 7) is 0.285. The number of hydrogen-bond donors (Lipinski definition) is 0. The minimum atomic E-state index is -4.41. The zero-order valence-electron chi connectivity index (χ0n) is 12.7. The number of methoxy groups -OCH3 is 1. The molecule has 0 bridgehead atoms. The van der Waals surface area contributed by atoms with E-state index >= 15 is 0 Å². The lowest BCUT2D eigenvalue weighted by atomic mass is 10.1. The number of benzene rings is 1. The van der Waals surface area contributed by atoms with Crippen molar-refractivity contribution in [2.75, 3.05) is 14.2 Å². The molecule has 124 valence electrons. The number of furan rings is 1. The second-order valence-electron chi connectivity index (χ2n) is 5.06. The highest BCUT2D eigenvalue weighted by Crippen LogP contribution is 2.29. The van der Waals surface area contributed by atoms with Gasteiger partial charge in [-0.1, -0.05) is 12.1 Å². The molecule has 0 saturated heterocycles. The zero-order valence-corrected chi connectivity index (χ0v) is 12.7. The van der Waals surface area contributed by atoms with Crippen LogP contribution in [0, 0.1) is 0 Å². The van der Waals surface area contributed by atoms with E-state index in [2.05, 4.69) is 0 Å². The van der Waals surface area contributed by atoms with Crippen LogP contribution < -0.4 is 0 Å². The smallest absolute Gasteiger partial charge is 0.416 e. The normalized spacial score (nSPS) is 11.5. The molecule has 1 aromatic carbocycles. The number of ether oxygens (including phenoxy) is 1. The second-order valence-corrected chi connectivity index (χ2v) is 5.06. The Labute approximate surface area is 131 Å². The van der Waals surface area contributed by atoms with Crippen molar-refractivity contribution in [3.63, 3.8) is 0 Å². The van der Waals surface area contributed by atoms with Crippen LogP contribution in [0.15, 0.2) is 40.8 Å². The monoisotopic (exact) mass is 327 g/mol. The Morgan fingerprint density at radius 2 is 2.00 bits per heavy atom. The third kappa shape index (κ3) is 4.35. The van der Waals surface area contributed by atoms with E-state index in [-0.39, 0.29) is 18.9 Å². The highest BCUT2D eigenvalue weighted by molar-refractivity contribution is 5.91. The predicted octanol–water partition coefficient (Wildman–Crippen LogP) is 3.72. The Balaban J connectivity index is 2.08. The molecule has 2 aromatic rings. The van der Waals surface area contributed by atoms with E-state index in [1.54, 1.807) is 6.07 Å².